The van der Waals surface area contributed by atoms with Crippen LogP contribution in [0.2, 0.25) is 0 Å². The van der Waals surface area contributed by atoms with E-state index in [2.05, 4.69) is 40.3 Å². The first-order valence-corrected chi connectivity index (χ1v) is 15.5. The molecule has 1 amide bonds. The normalized spacial score (nSPS) is 14.7. The Bertz CT molecular complexity index is 2260. The number of methoxy groups -OCH3 is 1. The Labute approximate surface area is 263 Å². The number of hydrogen-bond acceptors (Lipinski definition) is 5. The molecule has 0 aliphatic carbocycles. The Morgan fingerprint density at radius 2 is 1.69 bits per heavy atom. The zero-order valence-corrected chi connectivity index (χ0v) is 25.6. The van der Waals surface area contributed by atoms with Gasteiger partial charge < -0.3 is 14.6 Å². The fourth-order valence-electron chi connectivity index (χ4n) is 5.90. The molecule has 2 aromatic heterocycles. The van der Waals surface area contributed by atoms with E-state index in [9.17, 15) is 9.59 Å². The van der Waals surface area contributed by atoms with Gasteiger partial charge in [0.15, 0.2) is 4.80 Å². The molecule has 0 saturated heterocycles. The van der Waals surface area contributed by atoms with E-state index in [1.54, 1.807) is 11.7 Å². The van der Waals surface area contributed by atoms with Crippen molar-refractivity contribution in [3.8, 4) is 5.75 Å². The first-order valence-electron chi connectivity index (χ1n) is 14.6. The standard InChI is InChI=1S/C37H30N4O3S/c1-24-33(35(42)39-28-15-7-4-8-16-28)34(26-14-11-17-29(20-26)44-2)41-36(43)32(45-37(41)38-24)21-27-23-40(22-25-12-5-3-6-13-25)31-19-10-9-18-30(27)31/h3-21,23,34H,22H2,1-2H3,(H,39,42)/b32-21-/t34-/m1/s1. The van der Waals surface area contributed by atoms with Crippen LogP contribution in [0.4, 0.5) is 5.69 Å². The highest BCUT2D eigenvalue weighted by molar-refractivity contribution is 7.07. The molecule has 1 N–H and O–H groups in total. The number of ether oxygens (including phenoxy) is 1. The number of fused-ring (bicyclic) bond motifs is 2. The number of thiazole rings is 1. The van der Waals surface area contributed by atoms with Gasteiger partial charge in [0, 0.05) is 34.9 Å². The van der Waals surface area contributed by atoms with Gasteiger partial charge in [0.25, 0.3) is 11.5 Å². The van der Waals surface area contributed by atoms with E-state index in [1.165, 1.54) is 16.9 Å². The minimum atomic E-state index is -0.693. The molecule has 7 nitrogen and oxygen atoms in total. The average molecular weight is 611 g/mol. The number of carbonyl (C=O) groups excluding carboxylic acids is 1. The summed E-state index contributed by atoms with van der Waals surface area (Å²) < 4.78 is 9.91. The third kappa shape index (κ3) is 5.41. The lowest BCUT2D eigenvalue weighted by Crippen LogP contribution is -2.40. The molecule has 1 aliphatic rings. The zero-order valence-electron chi connectivity index (χ0n) is 24.8. The molecule has 8 heteroatoms. The largest absolute Gasteiger partial charge is 0.497 e. The fourth-order valence-corrected chi connectivity index (χ4v) is 6.94. The van der Waals surface area contributed by atoms with Gasteiger partial charge in [0.2, 0.25) is 0 Å². The smallest absolute Gasteiger partial charge is 0.271 e. The van der Waals surface area contributed by atoms with E-state index in [0.29, 0.717) is 38.6 Å². The van der Waals surface area contributed by atoms with E-state index in [0.717, 1.165) is 22.0 Å². The molecular weight excluding hydrogens is 580 g/mol. The molecule has 45 heavy (non-hydrogen) atoms. The van der Waals surface area contributed by atoms with Crippen LogP contribution in [0.15, 0.2) is 136 Å². The van der Waals surface area contributed by atoms with Crippen molar-refractivity contribution in [1.82, 2.24) is 9.13 Å². The Morgan fingerprint density at radius 1 is 0.956 bits per heavy atom. The van der Waals surface area contributed by atoms with Crippen LogP contribution in [-0.2, 0) is 11.3 Å². The highest BCUT2D eigenvalue weighted by atomic mass is 32.1. The Kier molecular flexibility index (Phi) is 7.49. The predicted molar refractivity (Wildman–Crippen MR) is 179 cm³/mol. The molecule has 0 spiro atoms. The van der Waals surface area contributed by atoms with Crippen molar-refractivity contribution in [2.75, 3.05) is 12.4 Å². The number of allylic oxidation sites excluding steroid dienone is 1. The molecule has 1 atom stereocenters. The molecule has 0 bridgehead atoms. The minimum absolute atomic E-state index is 0.205. The summed E-state index contributed by atoms with van der Waals surface area (Å²) in [5.74, 6) is 0.326. The summed E-state index contributed by atoms with van der Waals surface area (Å²) in [6, 6.07) is 34.6. The summed E-state index contributed by atoms with van der Waals surface area (Å²) in [6.07, 6.45) is 4.04. The maximum atomic E-state index is 14.3. The lowest BCUT2D eigenvalue weighted by Gasteiger charge is -2.25. The van der Waals surface area contributed by atoms with E-state index < -0.39 is 6.04 Å². The molecule has 0 unspecified atom stereocenters. The first kappa shape index (κ1) is 28.3. The molecule has 6 aromatic rings. The Morgan fingerprint density at radius 3 is 2.47 bits per heavy atom. The van der Waals surface area contributed by atoms with Crippen LogP contribution in [0.5, 0.6) is 5.75 Å². The number of hydrogen-bond donors (Lipinski definition) is 1. The SMILES string of the molecule is COc1cccc([C@@H]2C(C(=O)Nc3ccccc3)=C(C)N=c3s/c(=C\c4cn(Cc5ccccc5)c5ccccc45)c(=O)n32)c1. The van der Waals surface area contributed by atoms with Crippen molar-refractivity contribution in [3.63, 3.8) is 0 Å². The summed E-state index contributed by atoms with van der Waals surface area (Å²) in [6.45, 7) is 2.53. The lowest BCUT2D eigenvalue weighted by atomic mass is 9.95. The summed E-state index contributed by atoms with van der Waals surface area (Å²) in [4.78, 5) is 33.5. The highest BCUT2D eigenvalue weighted by Gasteiger charge is 2.33. The molecule has 222 valence electrons. The van der Waals surface area contributed by atoms with Gasteiger partial charge in [-0.2, -0.15) is 0 Å². The van der Waals surface area contributed by atoms with Crippen LogP contribution < -0.4 is 24.9 Å². The van der Waals surface area contributed by atoms with Gasteiger partial charge in [-0.05, 0) is 54.5 Å². The highest BCUT2D eigenvalue weighted by Crippen LogP contribution is 2.32. The number of rotatable bonds is 7. The minimum Gasteiger partial charge on any atom is -0.497 e. The fraction of sp³-hybridized carbons (Fsp3) is 0.108. The van der Waals surface area contributed by atoms with Gasteiger partial charge in [0.1, 0.15) is 5.75 Å². The number of benzene rings is 4. The zero-order chi connectivity index (χ0) is 30.9. The van der Waals surface area contributed by atoms with Crippen LogP contribution >= 0.6 is 11.3 Å². The van der Waals surface area contributed by atoms with Crippen molar-refractivity contribution in [2.45, 2.75) is 19.5 Å². The van der Waals surface area contributed by atoms with Crippen molar-refractivity contribution < 1.29 is 9.53 Å². The summed E-state index contributed by atoms with van der Waals surface area (Å²) >= 11 is 1.33. The van der Waals surface area contributed by atoms with Crippen molar-refractivity contribution in [3.05, 3.63) is 163 Å². The number of aromatic nitrogens is 2. The molecule has 0 fully saturated rings. The third-order valence-electron chi connectivity index (χ3n) is 8.01. The van der Waals surface area contributed by atoms with Crippen LogP contribution in [0.3, 0.4) is 0 Å². The lowest BCUT2D eigenvalue weighted by molar-refractivity contribution is -0.113. The molecule has 0 radical (unpaired) electrons. The Balaban J connectivity index is 1.37. The van der Waals surface area contributed by atoms with Crippen molar-refractivity contribution in [2.24, 2.45) is 4.99 Å². The number of nitrogens with one attached hydrogen (secondary N) is 1. The number of carbonyl (C=O) groups is 1. The second-order valence-electron chi connectivity index (χ2n) is 10.9. The molecule has 4 aromatic carbocycles. The van der Waals surface area contributed by atoms with Gasteiger partial charge in [0.05, 0.1) is 29.0 Å². The van der Waals surface area contributed by atoms with E-state index in [4.69, 9.17) is 9.73 Å². The second-order valence-corrected chi connectivity index (χ2v) is 11.9. The maximum absolute atomic E-state index is 14.3. The third-order valence-corrected chi connectivity index (χ3v) is 8.99. The molecule has 3 heterocycles. The first-order chi connectivity index (χ1) is 22.0. The van der Waals surface area contributed by atoms with Gasteiger partial charge in [-0.25, -0.2) is 4.99 Å². The topological polar surface area (TPSA) is 77.6 Å². The van der Waals surface area contributed by atoms with E-state index in [-0.39, 0.29) is 11.5 Å². The number of anilines is 1. The van der Waals surface area contributed by atoms with Crippen molar-refractivity contribution >= 4 is 39.9 Å². The van der Waals surface area contributed by atoms with Crippen LogP contribution in [0, 0.1) is 0 Å². The molecule has 0 saturated carbocycles. The quantitative estimate of drug-likeness (QED) is 0.245. The van der Waals surface area contributed by atoms with Gasteiger partial charge in [-0.3, -0.25) is 14.2 Å². The molecular formula is C37H30N4O3S. The summed E-state index contributed by atoms with van der Waals surface area (Å²) in [7, 11) is 1.60. The molecule has 7 rings (SSSR count). The van der Waals surface area contributed by atoms with E-state index in [1.807, 2.05) is 97.9 Å². The van der Waals surface area contributed by atoms with Crippen LogP contribution in [0.25, 0.3) is 17.0 Å². The van der Waals surface area contributed by atoms with Gasteiger partial charge in [-0.1, -0.05) is 90.2 Å². The number of nitrogens with zero attached hydrogens (tertiary/aromatic N) is 3. The second kappa shape index (κ2) is 11.9. The van der Waals surface area contributed by atoms with Crippen LogP contribution in [0.1, 0.15) is 29.7 Å². The Hall–Kier alpha value is -5.47. The number of para-hydroxylation sites is 2. The monoisotopic (exact) mass is 610 g/mol. The summed E-state index contributed by atoms with van der Waals surface area (Å²) in [5, 5.41) is 4.06. The maximum Gasteiger partial charge on any atom is 0.271 e. The van der Waals surface area contributed by atoms with E-state index >= 15 is 0 Å². The van der Waals surface area contributed by atoms with Gasteiger partial charge in [-0.15, -0.1) is 0 Å². The van der Waals surface area contributed by atoms with Crippen molar-refractivity contribution in [1.29, 1.82) is 0 Å². The van der Waals surface area contributed by atoms with Crippen LogP contribution in [-0.4, -0.2) is 22.2 Å². The number of amides is 1. The molecule has 1 aliphatic heterocycles. The summed E-state index contributed by atoms with van der Waals surface area (Å²) in [5.41, 5.74) is 5.41. The predicted octanol–water partition coefficient (Wildman–Crippen LogP) is 5.89. The van der Waals surface area contributed by atoms with Gasteiger partial charge >= 0.3 is 0 Å². The average Bonchev–Trinajstić information content (AvgIpc) is 3.57.